The summed E-state index contributed by atoms with van der Waals surface area (Å²) in [5, 5.41) is 25.5. The molecule has 218 valence electrons. The first kappa shape index (κ1) is 29.0. The zero-order valence-corrected chi connectivity index (χ0v) is 24.3. The van der Waals surface area contributed by atoms with Gasteiger partial charge in [-0.2, -0.15) is 4.31 Å². The Labute approximate surface area is 243 Å². The molecule has 3 aromatic rings. The van der Waals surface area contributed by atoms with E-state index < -0.39 is 20.9 Å². The van der Waals surface area contributed by atoms with Crippen LogP contribution in [0, 0.1) is 10.1 Å². The molecule has 41 heavy (non-hydrogen) atoms. The van der Waals surface area contributed by atoms with E-state index >= 15 is 0 Å². The molecule has 2 heterocycles. The maximum atomic E-state index is 13.4. The fraction of sp³-hybridized carbons (Fsp3) is 0.414. The van der Waals surface area contributed by atoms with Crippen LogP contribution in [0.4, 0.5) is 11.4 Å². The van der Waals surface area contributed by atoms with Gasteiger partial charge in [0.25, 0.3) is 15.7 Å². The number of thiophene rings is 1. The maximum Gasteiger partial charge on any atom is 0.273 e. The van der Waals surface area contributed by atoms with Crippen LogP contribution in [0.5, 0.6) is 5.75 Å². The number of nitro benzene ring substituents is 1. The number of carbonyl (C=O) groups excluding carboxylic acids is 1. The third-order valence-corrected chi connectivity index (χ3v) is 11.5. The molecule has 1 amide bonds. The van der Waals surface area contributed by atoms with E-state index in [0.29, 0.717) is 42.5 Å². The van der Waals surface area contributed by atoms with Crippen LogP contribution < -0.4 is 11.1 Å². The van der Waals surface area contributed by atoms with Crippen LogP contribution in [0.3, 0.4) is 0 Å². The van der Waals surface area contributed by atoms with Gasteiger partial charge in [-0.05, 0) is 73.6 Å². The van der Waals surface area contributed by atoms with E-state index in [0.717, 1.165) is 35.4 Å². The number of sulfonamides is 1. The standard InChI is InChI=1S/C29H34N4O6S2/c30-29(35)23-7-4-8-26(33(36)37)25(23)18-22-10-12-28(40-22)41(38,39)32-15-13-20(14-16-32)31-21-9-11-27(34)24(17-21)19-5-2-1-3-6-19/h4,7-12,17,19-20,31,34H,1-3,5-6,13-16,18H2,(H2,30,35). The first-order valence-corrected chi connectivity index (χ1v) is 16.1. The summed E-state index contributed by atoms with van der Waals surface area (Å²) >= 11 is 1.05. The number of rotatable bonds is 9. The minimum atomic E-state index is -3.74. The highest BCUT2D eigenvalue weighted by molar-refractivity contribution is 7.91. The van der Waals surface area contributed by atoms with E-state index in [1.54, 1.807) is 12.1 Å². The van der Waals surface area contributed by atoms with E-state index in [1.165, 1.54) is 47.8 Å². The molecule has 2 aromatic carbocycles. The average Bonchev–Trinajstić information content (AvgIpc) is 3.44. The molecular weight excluding hydrogens is 564 g/mol. The van der Waals surface area contributed by atoms with Gasteiger partial charge in [0, 0.05) is 53.3 Å². The van der Waals surface area contributed by atoms with Gasteiger partial charge in [0.2, 0.25) is 5.91 Å². The second kappa shape index (κ2) is 12.2. The molecule has 0 radical (unpaired) electrons. The lowest BCUT2D eigenvalue weighted by molar-refractivity contribution is -0.385. The van der Waals surface area contributed by atoms with Crippen molar-refractivity contribution in [1.82, 2.24) is 4.31 Å². The molecule has 0 unspecified atom stereocenters. The van der Waals surface area contributed by atoms with Gasteiger partial charge in [-0.1, -0.05) is 25.3 Å². The van der Waals surface area contributed by atoms with Crippen molar-refractivity contribution in [2.24, 2.45) is 5.73 Å². The SMILES string of the molecule is NC(=O)c1cccc([N+](=O)[O-])c1Cc1ccc(S(=O)(=O)N2CCC(Nc3ccc(O)c(C4CCCCC4)c3)CC2)s1. The van der Waals surface area contributed by atoms with E-state index in [-0.39, 0.29) is 33.5 Å². The number of amides is 1. The van der Waals surface area contributed by atoms with Crippen molar-refractivity contribution in [2.45, 2.75) is 67.5 Å². The topological polar surface area (TPSA) is 156 Å². The Morgan fingerprint density at radius 2 is 1.80 bits per heavy atom. The van der Waals surface area contributed by atoms with E-state index in [1.807, 2.05) is 12.1 Å². The van der Waals surface area contributed by atoms with Crippen molar-refractivity contribution < 1.29 is 23.2 Å². The molecule has 1 saturated heterocycles. The quantitative estimate of drug-likeness (QED) is 0.170. The van der Waals surface area contributed by atoms with Crippen molar-refractivity contribution in [3.05, 3.63) is 80.2 Å². The highest BCUT2D eigenvalue weighted by Gasteiger charge is 2.31. The highest BCUT2D eigenvalue weighted by Crippen LogP contribution is 2.39. The molecule has 2 aliphatic rings. The summed E-state index contributed by atoms with van der Waals surface area (Å²) in [4.78, 5) is 23.4. The van der Waals surface area contributed by atoms with Gasteiger partial charge in [-0.25, -0.2) is 8.42 Å². The number of carbonyl (C=O) groups is 1. The molecule has 12 heteroatoms. The Hall–Kier alpha value is -3.48. The number of nitro groups is 1. The van der Waals surface area contributed by atoms with Gasteiger partial charge >= 0.3 is 0 Å². The van der Waals surface area contributed by atoms with E-state index in [9.17, 15) is 28.4 Å². The number of nitrogens with one attached hydrogen (secondary N) is 1. The van der Waals surface area contributed by atoms with Crippen LogP contribution in [0.2, 0.25) is 0 Å². The second-order valence-corrected chi connectivity index (χ2v) is 14.1. The number of benzene rings is 2. The minimum absolute atomic E-state index is 0.0249. The Balaban J connectivity index is 1.24. The van der Waals surface area contributed by atoms with E-state index in [2.05, 4.69) is 5.32 Å². The Kier molecular flexibility index (Phi) is 8.62. The summed E-state index contributed by atoms with van der Waals surface area (Å²) in [6, 6.07) is 13.1. The maximum absolute atomic E-state index is 13.4. The number of nitrogens with zero attached hydrogens (tertiary/aromatic N) is 2. The molecule has 0 bridgehead atoms. The fourth-order valence-electron chi connectivity index (χ4n) is 5.92. The molecule has 4 N–H and O–H groups in total. The molecule has 0 spiro atoms. The van der Waals surface area contributed by atoms with Gasteiger partial charge in [0.1, 0.15) is 9.96 Å². The van der Waals surface area contributed by atoms with Gasteiger partial charge in [-0.3, -0.25) is 14.9 Å². The lowest BCUT2D eigenvalue weighted by Gasteiger charge is -2.32. The second-order valence-electron chi connectivity index (χ2n) is 10.8. The Morgan fingerprint density at radius 1 is 1.07 bits per heavy atom. The lowest BCUT2D eigenvalue weighted by atomic mass is 9.83. The number of hydrogen-bond acceptors (Lipinski definition) is 8. The number of primary amides is 1. The fourth-order valence-corrected chi connectivity index (χ4v) is 8.91. The van der Waals surface area contributed by atoms with Gasteiger partial charge in [0.05, 0.1) is 4.92 Å². The van der Waals surface area contributed by atoms with Crippen LogP contribution in [0.15, 0.2) is 52.7 Å². The molecule has 1 aliphatic heterocycles. The van der Waals surface area contributed by atoms with Crippen LogP contribution >= 0.6 is 11.3 Å². The van der Waals surface area contributed by atoms with Gasteiger partial charge in [-0.15, -0.1) is 11.3 Å². The number of phenolic OH excluding ortho intramolecular Hbond substituents is 1. The van der Waals surface area contributed by atoms with Crippen LogP contribution in [0.25, 0.3) is 0 Å². The first-order chi connectivity index (χ1) is 19.6. The average molecular weight is 599 g/mol. The molecule has 1 aliphatic carbocycles. The third-order valence-electron chi connectivity index (χ3n) is 8.09. The monoisotopic (exact) mass is 598 g/mol. The number of hydrogen-bond donors (Lipinski definition) is 3. The first-order valence-electron chi connectivity index (χ1n) is 13.9. The Morgan fingerprint density at radius 3 is 2.49 bits per heavy atom. The molecular formula is C29H34N4O6S2. The van der Waals surface area contributed by atoms with Gasteiger partial charge in [0.15, 0.2) is 0 Å². The summed E-state index contributed by atoms with van der Waals surface area (Å²) in [5.74, 6) is -0.0583. The number of nitrogens with two attached hydrogens (primary N) is 1. The molecule has 1 saturated carbocycles. The van der Waals surface area contributed by atoms with Crippen molar-refractivity contribution in [2.75, 3.05) is 18.4 Å². The zero-order valence-electron chi connectivity index (χ0n) is 22.6. The molecule has 2 fully saturated rings. The molecule has 0 atom stereocenters. The lowest BCUT2D eigenvalue weighted by Crippen LogP contribution is -2.42. The zero-order chi connectivity index (χ0) is 29.1. The van der Waals surface area contributed by atoms with E-state index in [4.69, 9.17) is 5.73 Å². The number of anilines is 1. The molecule has 1 aromatic heterocycles. The largest absolute Gasteiger partial charge is 0.508 e. The van der Waals surface area contributed by atoms with Crippen molar-refractivity contribution >= 4 is 38.6 Å². The smallest absolute Gasteiger partial charge is 0.273 e. The summed E-state index contributed by atoms with van der Waals surface area (Å²) in [6.07, 6.45) is 7.08. The number of aromatic hydroxyl groups is 1. The van der Waals surface area contributed by atoms with Crippen molar-refractivity contribution in [1.29, 1.82) is 0 Å². The minimum Gasteiger partial charge on any atom is -0.508 e. The highest BCUT2D eigenvalue weighted by atomic mass is 32.2. The molecule has 10 nitrogen and oxygen atoms in total. The Bertz CT molecular complexity index is 1510. The predicted molar refractivity (Wildman–Crippen MR) is 158 cm³/mol. The number of phenols is 1. The van der Waals surface area contributed by atoms with Crippen molar-refractivity contribution in [3.8, 4) is 5.75 Å². The number of piperidine rings is 1. The normalized spacial score (nSPS) is 17.4. The van der Waals surface area contributed by atoms with Crippen LogP contribution in [-0.2, 0) is 16.4 Å². The summed E-state index contributed by atoms with van der Waals surface area (Å²) in [5.41, 5.74) is 7.36. The summed E-state index contributed by atoms with van der Waals surface area (Å²) in [6.45, 7) is 0.716. The third kappa shape index (κ3) is 6.39. The summed E-state index contributed by atoms with van der Waals surface area (Å²) in [7, 11) is -3.74. The predicted octanol–water partition coefficient (Wildman–Crippen LogP) is 5.36. The molecule has 5 rings (SSSR count). The van der Waals surface area contributed by atoms with Crippen LogP contribution in [0.1, 0.15) is 77.2 Å². The van der Waals surface area contributed by atoms with Crippen LogP contribution in [-0.4, -0.2) is 47.8 Å². The summed E-state index contributed by atoms with van der Waals surface area (Å²) < 4.78 is 28.5. The van der Waals surface area contributed by atoms with Crippen molar-refractivity contribution in [3.63, 3.8) is 0 Å². The van der Waals surface area contributed by atoms with Gasteiger partial charge < -0.3 is 16.2 Å².